The Hall–Kier alpha value is -1.08. The predicted molar refractivity (Wildman–Crippen MR) is 56.6 cm³/mol. The van der Waals surface area contributed by atoms with Crippen LogP contribution in [0.15, 0.2) is 12.4 Å². The molecule has 15 heavy (non-hydrogen) atoms. The third-order valence-corrected chi connectivity index (χ3v) is 4.39. The van der Waals surface area contributed by atoms with Crippen LogP contribution in [0.2, 0.25) is 0 Å². The van der Waals surface area contributed by atoms with E-state index >= 15 is 0 Å². The maximum absolute atomic E-state index is 11.5. The predicted octanol–water partition coefficient (Wildman–Crippen LogP) is -0.499. The Kier molecular flexibility index (Phi) is 2.66. The molecule has 0 saturated carbocycles. The van der Waals surface area contributed by atoms with Crippen molar-refractivity contribution < 1.29 is 8.42 Å². The quantitative estimate of drug-likeness (QED) is 0.759. The lowest BCUT2D eigenvalue weighted by molar-refractivity contribution is 0.409. The lowest BCUT2D eigenvalue weighted by Gasteiger charge is -2.13. The van der Waals surface area contributed by atoms with Crippen molar-refractivity contribution in [3.8, 4) is 0 Å². The highest BCUT2D eigenvalue weighted by Crippen LogP contribution is 2.12. The molecule has 0 radical (unpaired) electrons. The molecule has 0 bridgehead atoms. The Labute approximate surface area is 88.7 Å². The number of hydrogen-bond acceptors (Lipinski definition) is 4. The Bertz CT molecular complexity index is 439. The van der Waals surface area contributed by atoms with Gasteiger partial charge in [-0.05, 0) is 6.42 Å². The Balaban J connectivity index is 1.94. The van der Waals surface area contributed by atoms with Gasteiger partial charge in [-0.25, -0.2) is 12.7 Å². The van der Waals surface area contributed by atoms with E-state index in [1.165, 1.54) is 4.31 Å². The summed E-state index contributed by atoms with van der Waals surface area (Å²) in [5.74, 6) is 0.272. The van der Waals surface area contributed by atoms with Crippen LogP contribution < -0.4 is 5.73 Å². The van der Waals surface area contributed by atoms with Crippen molar-refractivity contribution >= 4 is 15.7 Å². The number of anilines is 1. The summed E-state index contributed by atoms with van der Waals surface area (Å²) in [6, 6.07) is 0. The van der Waals surface area contributed by atoms with Crippen LogP contribution in [-0.4, -0.2) is 41.3 Å². The summed E-state index contributed by atoms with van der Waals surface area (Å²) in [5, 5.41) is 3.99. The minimum absolute atomic E-state index is 0.272. The number of nitrogens with two attached hydrogens (primary N) is 1. The molecule has 7 heteroatoms. The zero-order valence-electron chi connectivity index (χ0n) is 8.33. The zero-order chi connectivity index (χ0) is 10.9. The molecule has 1 aliphatic rings. The van der Waals surface area contributed by atoms with Gasteiger partial charge in [-0.2, -0.15) is 5.10 Å². The van der Waals surface area contributed by atoms with Gasteiger partial charge in [0, 0.05) is 19.3 Å². The van der Waals surface area contributed by atoms with Crippen LogP contribution in [0.1, 0.15) is 6.42 Å². The molecule has 1 aliphatic heterocycles. The van der Waals surface area contributed by atoms with E-state index in [4.69, 9.17) is 5.73 Å². The summed E-state index contributed by atoms with van der Waals surface area (Å²) in [5.41, 5.74) is 6.10. The van der Waals surface area contributed by atoms with E-state index < -0.39 is 10.0 Å². The molecular formula is C8H14N4O2S. The van der Waals surface area contributed by atoms with E-state index in [0.29, 0.717) is 25.3 Å². The number of aromatic nitrogens is 2. The van der Waals surface area contributed by atoms with E-state index in [0.717, 1.165) is 6.42 Å². The normalized spacial score (nSPS) is 20.8. The summed E-state index contributed by atoms with van der Waals surface area (Å²) >= 11 is 0. The molecule has 2 rings (SSSR count). The molecule has 1 saturated heterocycles. The van der Waals surface area contributed by atoms with Gasteiger partial charge in [-0.3, -0.25) is 4.68 Å². The second-order valence-electron chi connectivity index (χ2n) is 3.61. The number of sulfonamides is 1. The lowest BCUT2D eigenvalue weighted by atomic mass is 10.5. The van der Waals surface area contributed by atoms with Crippen LogP contribution in [0.3, 0.4) is 0 Å². The van der Waals surface area contributed by atoms with E-state index in [1.54, 1.807) is 17.1 Å². The summed E-state index contributed by atoms with van der Waals surface area (Å²) in [4.78, 5) is 0. The minimum atomic E-state index is -2.99. The van der Waals surface area contributed by atoms with Gasteiger partial charge in [-0.1, -0.05) is 0 Å². The van der Waals surface area contributed by atoms with E-state index in [9.17, 15) is 8.42 Å². The first-order valence-corrected chi connectivity index (χ1v) is 6.44. The first-order valence-electron chi connectivity index (χ1n) is 4.84. The van der Waals surface area contributed by atoms with Crippen molar-refractivity contribution in [2.45, 2.75) is 13.0 Å². The van der Waals surface area contributed by atoms with Gasteiger partial charge in [0.25, 0.3) is 0 Å². The molecule has 0 amide bonds. The van der Waals surface area contributed by atoms with Gasteiger partial charge in [0.1, 0.15) is 0 Å². The fourth-order valence-electron chi connectivity index (χ4n) is 1.66. The summed E-state index contributed by atoms with van der Waals surface area (Å²) in [6.45, 7) is 1.65. The Morgan fingerprint density at radius 2 is 2.27 bits per heavy atom. The van der Waals surface area contributed by atoms with E-state index in [2.05, 4.69) is 5.10 Å². The van der Waals surface area contributed by atoms with Gasteiger partial charge in [0.2, 0.25) is 10.0 Å². The molecule has 2 N–H and O–H groups in total. The van der Waals surface area contributed by atoms with Crippen LogP contribution in [0.4, 0.5) is 5.69 Å². The van der Waals surface area contributed by atoms with Crippen molar-refractivity contribution in [1.82, 2.24) is 14.1 Å². The van der Waals surface area contributed by atoms with Crippen LogP contribution in [0.5, 0.6) is 0 Å². The van der Waals surface area contributed by atoms with Crippen molar-refractivity contribution in [3.63, 3.8) is 0 Å². The molecule has 1 aromatic heterocycles. The third kappa shape index (κ3) is 2.29. The van der Waals surface area contributed by atoms with Crippen LogP contribution in [-0.2, 0) is 16.6 Å². The largest absolute Gasteiger partial charge is 0.396 e. The van der Waals surface area contributed by atoms with Gasteiger partial charge in [-0.15, -0.1) is 0 Å². The van der Waals surface area contributed by atoms with E-state index in [-0.39, 0.29) is 5.75 Å². The molecule has 1 aromatic rings. The molecule has 1 fully saturated rings. The highest BCUT2D eigenvalue weighted by Gasteiger charge is 2.27. The second-order valence-corrected chi connectivity index (χ2v) is 5.69. The molecule has 0 aliphatic carbocycles. The lowest BCUT2D eigenvalue weighted by Crippen LogP contribution is -2.29. The SMILES string of the molecule is Nc1cnn(CCN2CCCS2(=O)=O)c1. The number of nitrogen functional groups attached to an aromatic ring is 1. The van der Waals surface area contributed by atoms with Crippen molar-refractivity contribution in [2.75, 3.05) is 24.6 Å². The Morgan fingerprint density at radius 1 is 1.47 bits per heavy atom. The topological polar surface area (TPSA) is 81.2 Å². The average molecular weight is 230 g/mol. The van der Waals surface area contributed by atoms with Crippen molar-refractivity contribution in [2.24, 2.45) is 0 Å². The average Bonchev–Trinajstić information content (AvgIpc) is 2.69. The van der Waals surface area contributed by atoms with Gasteiger partial charge in [0.15, 0.2) is 0 Å². The van der Waals surface area contributed by atoms with Crippen LogP contribution in [0, 0.1) is 0 Å². The van der Waals surface area contributed by atoms with Crippen molar-refractivity contribution in [3.05, 3.63) is 12.4 Å². The second kappa shape index (κ2) is 3.82. The third-order valence-electron chi connectivity index (χ3n) is 2.43. The summed E-state index contributed by atoms with van der Waals surface area (Å²) in [7, 11) is -2.99. The van der Waals surface area contributed by atoms with Gasteiger partial charge < -0.3 is 5.73 Å². The summed E-state index contributed by atoms with van der Waals surface area (Å²) < 4.78 is 26.1. The van der Waals surface area contributed by atoms with Gasteiger partial charge in [0.05, 0.1) is 24.2 Å². The maximum Gasteiger partial charge on any atom is 0.214 e. The highest BCUT2D eigenvalue weighted by molar-refractivity contribution is 7.89. The van der Waals surface area contributed by atoms with E-state index in [1.807, 2.05) is 0 Å². The number of hydrogen-bond donors (Lipinski definition) is 1. The molecule has 84 valence electrons. The smallest absolute Gasteiger partial charge is 0.214 e. The molecular weight excluding hydrogens is 216 g/mol. The summed E-state index contributed by atoms with van der Waals surface area (Å²) in [6.07, 6.45) is 3.98. The first-order chi connectivity index (χ1) is 7.08. The molecule has 6 nitrogen and oxygen atoms in total. The molecule has 2 heterocycles. The maximum atomic E-state index is 11.5. The number of rotatable bonds is 3. The fourth-order valence-corrected chi connectivity index (χ4v) is 3.18. The fraction of sp³-hybridized carbons (Fsp3) is 0.625. The molecule has 0 atom stereocenters. The monoisotopic (exact) mass is 230 g/mol. The number of nitrogens with zero attached hydrogens (tertiary/aromatic N) is 3. The molecule has 0 spiro atoms. The van der Waals surface area contributed by atoms with Crippen LogP contribution >= 0.6 is 0 Å². The highest BCUT2D eigenvalue weighted by atomic mass is 32.2. The molecule has 0 unspecified atom stereocenters. The minimum Gasteiger partial charge on any atom is -0.396 e. The van der Waals surface area contributed by atoms with Gasteiger partial charge >= 0.3 is 0 Å². The first kappa shape index (κ1) is 10.4. The van der Waals surface area contributed by atoms with Crippen molar-refractivity contribution in [1.29, 1.82) is 0 Å². The molecule has 0 aromatic carbocycles. The zero-order valence-corrected chi connectivity index (χ0v) is 9.15. The Morgan fingerprint density at radius 3 is 2.80 bits per heavy atom. The van der Waals surface area contributed by atoms with Crippen LogP contribution in [0.25, 0.3) is 0 Å². The standard InChI is InChI=1S/C8H14N4O2S/c9-8-6-10-11(7-8)3-4-12-2-1-5-15(12,13)14/h6-7H,1-5,9H2.